The minimum atomic E-state index is -1.02. The SMILES string of the molecule is CNC(CO)C(=O)N1CCCC1C(=O)NC(C)C(=O)NC(C)C(=O)N1CCCC1C(=O)NC(C)C(=O)N1CCCC1C(N)=O. The van der Waals surface area contributed by atoms with Gasteiger partial charge in [0.2, 0.25) is 41.4 Å². The number of likely N-dealkylation sites (tertiary alicyclic amines) is 3. The molecule has 7 amide bonds. The fourth-order valence-electron chi connectivity index (χ4n) is 6.07. The van der Waals surface area contributed by atoms with Crippen LogP contribution in [0.25, 0.3) is 0 Å². The smallest absolute Gasteiger partial charge is 0.245 e. The summed E-state index contributed by atoms with van der Waals surface area (Å²) in [5.41, 5.74) is 5.41. The molecule has 0 bridgehead atoms. The van der Waals surface area contributed by atoms with E-state index in [2.05, 4.69) is 21.3 Å². The van der Waals surface area contributed by atoms with Gasteiger partial charge in [-0.3, -0.25) is 33.6 Å². The number of nitrogens with zero attached hydrogens (tertiary/aromatic N) is 3. The molecule has 7 atom stereocenters. The zero-order chi connectivity index (χ0) is 32.7. The van der Waals surface area contributed by atoms with Gasteiger partial charge in [-0.15, -0.1) is 0 Å². The Morgan fingerprint density at radius 1 is 0.682 bits per heavy atom. The third kappa shape index (κ3) is 7.83. The molecule has 3 saturated heterocycles. The van der Waals surface area contributed by atoms with Crippen LogP contribution in [0, 0.1) is 0 Å². The number of nitrogens with two attached hydrogens (primary N) is 1. The van der Waals surface area contributed by atoms with E-state index in [0.717, 1.165) is 0 Å². The molecule has 7 unspecified atom stereocenters. The Hall–Kier alpha value is -3.79. The molecule has 16 nitrogen and oxygen atoms in total. The number of rotatable bonds is 12. The van der Waals surface area contributed by atoms with Crippen molar-refractivity contribution in [2.75, 3.05) is 33.3 Å². The molecule has 7 N–H and O–H groups in total. The Morgan fingerprint density at radius 3 is 1.55 bits per heavy atom. The molecule has 3 aliphatic rings. The number of amides is 7. The number of carbonyl (C=O) groups is 7. The maximum absolute atomic E-state index is 13.3. The summed E-state index contributed by atoms with van der Waals surface area (Å²) < 4.78 is 0. The monoisotopic (exact) mass is 622 g/mol. The molecule has 44 heavy (non-hydrogen) atoms. The van der Waals surface area contributed by atoms with Gasteiger partial charge in [0.15, 0.2) is 0 Å². The summed E-state index contributed by atoms with van der Waals surface area (Å²) in [6, 6.07) is -6.14. The topological polar surface area (TPSA) is 224 Å². The number of aliphatic hydroxyl groups excluding tert-OH is 1. The molecule has 246 valence electrons. The molecule has 0 radical (unpaired) electrons. The van der Waals surface area contributed by atoms with Gasteiger partial charge in [-0.1, -0.05) is 0 Å². The fraction of sp³-hybridized carbons (Fsp3) is 0.750. The first-order valence-corrected chi connectivity index (χ1v) is 15.2. The summed E-state index contributed by atoms with van der Waals surface area (Å²) in [6.45, 7) is 5.05. The third-order valence-corrected chi connectivity index (χ3v) is 8.58. The lowest BCUT2D eigenvalue weighted by atomic mass is 10.1. The highest BCUT2D eigenvalue weighted by Crippen LogP contribution is 2.21. The molecule has 0 aromatic carbocycles. The van der Waals surface area contributed by atoms with Gasteiger partial charge in [0.05, 0.1) is 6.61 Å². The van der Waals surface area contributed by atoms with E-state index < -0.39 is 90.3 Å². The van der Waals surface area contributed by atoms with E-state index >= 15 is 0 Å². The quantitative estimate of drug-likeness (QED) is 0.127. The van der Waals surface area contributed by atoms with Gasteiger partial charge in [0.1, 0.15) is 42.3 Å². The molecule has 3 aliphatic heterocycles. The second-order valence-electron chi connectivity index (χ2n) is 11.7. The summed E-state index contributed by atoms with van der Waals surface area (Å²) in [5, 5.41) is 20.0. The van der Waals surface area contributed by atoms with E-state index in [0.29, 0.717) is 51.6 Å². The largest absolute Gasteiger partial charge is 0.394 e. The maximum Gasteiger partial charge on any atom is 0.245 e. The first-order chi connectivity index (χ1) is 20.8. The van der Waals surface area contributed by atoms with Crippen molar-refractivity contribution >= 4 is 41.4 Å². The van der Waals surface area contributed by atoms with Crippen LogP contribution in [-0.2, 0) is 33.6 Å². The zero-order valence-corrected chi connectivity index (χ0v) is 25.8. The van der Waals surface area contributed by atoms with E-state index in [1.165, 1.54) is 42.5 Å². The Balaban J connectivity index is 1.53. The lowest BCUT2D eigenvalue weighted by Crippen LogP contribution is -2.58. The zero-order valence-electron chi connectivity index (χ0n) is 25.8. The van der Waals surface area contributed by atoms with Gasteiger partial charge in [0, 0.05) is 19.6 Å². The second kappa shape index (κ2) is 15.3. The lowest BCUT2D eigenvalue weighted by Gasteiger charge is -2.30. The summed E-state index contributed by atoms with van der Waals surface area (Å²) >= 11 is 0. The molecule has 0 aliphatic carbocycles. The van der Waals surface area contributed by atoms with Crippen molar-refractivity contribution in [3.63, 3.8) is 0 Å². The van der Waals surface area contributed by atoms with Crippen LogP contribution >= 0.6 is 0 Å². The number of carbonyl (C=O) groups excluding carboxylic acids is 7. The Kier molecular flexibility index (Phi) is 12.0. The highest BCUT2D eigenvalue weighted by atomic mass is 16.3. The summed E-state index contributed by atoms with van der Waals surface area (Å²) in [7, 11) is 1.54. The number of aliphatic hydroxyl groups is 1. The molecule has 3 heterocycles. The van der Waals surface area contributed by atoms with E-state index in [1.54, 1.807) is 0 Å². The van der Waals surface area contributed by atoms with Crippen molar-refractivity contribution in [2.24, 2.45) is 5.73 Å². The van der Waals surface area contributed by atoms with Crippen molar-refractivity contribution in [3.8, 4) is 0 Å². The van der Waals surface area contributed by atoms with Crippen LogP contribution in [-0.4, -0.2) is 137 Å². The number of nitrogens with one attached hydrogen (secondary N) is 4. The van der Waals surface area contributed by atoms with Gasteiger partial charge in [-0.2, -0.15) is 0 Å². The first-order valence-electron chi connectivity index (χ1n) is 15.2. The van der Waals surface area contributed by atoms with Gasteiger partial charge < -0.3 is 46.8 Å². The summed E-state index contributed by atoms with van der Waals surface area (Å²) in [4.78, 5) is 93.7. The Bertz CT molecular complexity index is 1130. The molecule has 0 aromatic heterocycles. The number of hydrogen-bond acceptors (Lipinski definition) is 9. The number of likely N-dealkylation sites (N-methyl/N-ethyl adjacent to an activating group) is 1. The van der Waals surface area contributed by atoms with Crippen molar-refractivity contribution in [3.05, 3.63) is 0 Å². The Morgan fingerprint density at radius 2 is 1.09 bits per heavy atom. The number of hydrogen-bond donors (Lipinski definition) is 6. The van der Waals surface area contributed by atoms with E-state index in [-0.39, 0.29) is 6.54 Å². The van der Waals surface area contributed by atoms with Crippen molar-refractivity contribution in [1.82, 2.24) is 36.0 Å². The first kappa shape index (κ1) is 34.7. The van der Waals surface area contributed by atoms with Crippen LogP contribution in [0.4, 0.5) is 0 Å². The average molecular weight is 623 g/mol. The van der Waals surface area contributed by atoms with E-state index in [4.69, 9.17) is 5.73 Å². The highest BCUT2D eigenvalue weighted by Gasteiger charge is 2.40. The van der Waals surface area contributed by atoms with Crippen LogP contribution in [0.5, 0.6) is 0 Å². The standard InChI is InChI=1S/C28H46N8O8/c1-15(31-24(40)21-10-7-13-36(21)28(44)18(14-37)30-4)23(39)32-16(2)27(43)35-12-6-9-20(35)25(41)33-17(3)26(42)34-11-5-8-19(34)22(29)38/h15-21,30,37H,5-14H2,1-4H3,(H2,29,38)(H,31,40)(H,32,39)(H,33,41). The van der Waals surface area contributed by atoms with Gasteiger partial charge >= 0.3 is 0 Å². The van der Waals surface area contributed by atoms with Crippen molar-refractivity contribution < 1.29 is 38.7 Å². The summed E-state index contributed by atoms with van der Waals surface area (Å²) in [6.07, 6.45) is 3.05. The molecule has 16 heteroatoms. The normalized spacial score (nSPS) is 24.3. The predicted octanol–water partition coefficient (Wildman–Crippen LogP) is -3.46. The van der Waals surface area contributed by atoms with Gasteiger partial charge in [0.25, 0.3) is 0 Å². The van der Waals surface area contributed by atoms with Crippen LogP contribution in [0.15, 0.2) is 0 Å². The van der Waals surface area contributed by atoms with E-state index in [1.807, 2.05) is 0 Å². The van der Waals surface area contributed by atoms with E-state index in [9.17, 15) is 38.7 Å². The minimum Gasteiger partial charge on any atom is -0.394 e. The van der Waals surface area contributed by atoms with Crippen LogP contribution < -0.4 is 27.0 Å². The predicted molar refractivity (Wildman–Crippen MR) is 156 cm³/mol. The minimum absolute atomic E-state index is 0.286. The molecule has 3 rings (SSSR count). The Labute approximate surface area is 256 Å². The average Bonchev–Trinajstić information content (AvgIpc) is 3.77. The van der Waals surface area contributed by atoms with Crippen LogP contribution in [0.2, 0.25) is 0 Å². The molecule has 0 aromatic rings. The van der Waals surface area contributed by atoms with Crippen molar-refractivity contribution in [2.45, 2.75) is 102 Å². The second-order valence-corrected chi connectivity index (χ2v) is 11.7. The molecule has 3 fully saturated rings. The molecule has 0 spiro atoms. The maximum atomic E-state index is 13.3. The highest BCUT2D eigenvalue weighted by molar-refractivity contribution is 5.97. The van der Waals surface area contributed by atoms with Gasteiger partial charge in [-0.05, 0) is 66.3 Å². The molecular weight excluding hydrogens is 576 g/mol. The fourth-order valence-corrected chi connectivity index (χ4v) is 6.07. The molecule has 0 saturated carbocycles. The van der Waals surface area contributed by atoms with Crippen molar-refractivity contribution in [1.29, 1.82) is 0 Å². The lowest BCUT2D eigenvalue weighted by molar-refractivity contribution is -0.144. The summed E-state index contributed by atoms with van der Waals surface area (Å²) in [5.74, 6) is -3.55. The van der Waals surface area contributed by atoms with Crippen LogP contribution in [0.3, 0.4) is 0 Å². The number of primary amides is 1. The van der Waals surface area contributed by atoms with Gasteiger partial charge in [-0.25, -0.2) is 0 Å². The van der Waals surface area contributed by atoms with Crippen LogP contribution in [0.1, 0.15) is 59.3 Å². The third-order valence-electron chi connectivity index (χ3n) is 8.58. The molecular formula is C28H46N8O8.